The predicted octanol–water partition coefficient (Wildman–Crippen LogP) is 3.62. The lowest BCUT2D eigenvalue weighted by Crippen LogP contribution is -2.02. The van der Waals surface area contributed by atoms with Gasteiger partial charge in [0.25, 0.3) is 0 Å². The Morgan fingerprint density at radius 3 is 2.82 bits per heavy atom. The third kappa shape index (κ3) is 2.75. The summed E-state index contributed by atoms with van der Waals surface area (Å²) in [7, 11) is 0. The Kier molecular flexibility index (Phi) is 3.94. The summed E-state index contributed by atoms with van der Waals surface area (Å²) in [6.07, 6.45) is 1.58. The van der Waals surface area contributed by atoms with Gasteiger partial charge in [-0.15, -0.1) is 0 Å². The summed E-state index contributed by atoms with van der Waals surface area (Å²) < 4.78 is 10.8. The fourth-order valence-corrected chi connectivity index (χ4v) is 1.77. The molecule has 0 unspecified atom stereocenters. The van der Waals surface area contributed by atoms with Gasteiger partial charge in [-0.2, -0.15) is 0 Å². The first kappa shape index (κ1) is 12.3. The molecule has 2 aromatic rings. The highest BCUT2D eigenvalue weighted by molar-refractivity contribution is 6.42. The zero-order valence-electron chi connectivity index (χ0n) is 8.95. The number of rotatable bonds is 4. The van der Waals surface area contributed by atoms with Crippen LogP contribution in [0.3, 0.4) is 0 Å². The van der Waals surface area contributed by atoms with E-state index in [1.54, 1.807) is 24.5 Å². The van der Waals surface area contributed by atoms with Crippen molar-refractivity contribution in [2.75, 3.05) is 0 Å². The molecule has 0 atom stereocenters. The van der Waals surface area contributed by atoms with Gasteiger partial charge in [0, 0.05) is 5.56 Å². The van der Waals surface area contributed by atoms with E-state index in [9.17, 15) is 0 Å². The van der Waals surface area contributed by atoms with Gasteiger partial charge < -0.3 is 14.9 Å². The minimum atomic E-state index is 0.342. The van der Waals surface area contributed by atoms with Crippen molar-refractivity contribution < 1.29 is 9.15 Å². The van der Waals surface area contributed by atoms with Crippen LogP contribution in [-0.2, 0) is 13.2 Å². The molecule has 0 aliphatic carbocycles. The normalized spacial score (nSPS) is 10.5. The Balaban J connectivity index is 2.10. The van der Waals surface area contributed by atoms with Crippen LogP contribution in [0.2, 0.25) is 10.0 Å². The smallest absolute Gasteiger partial charge is 0.139 e. The van der Waals surface area contributed by atoms with E-state index in [-0.39, 0.29) is 0 Å². The van der Waals surface area contributed by atoms with Gasteiger partial charge in [-0.1, -0.05) is 29.3 Å². The molecular formula is C12H11Cl2NO2. The maximum Gasteiger partial charge on any atom is 0.139 e. The lowest BCUT2D eigenvalue weighted by Gasteiger charge is -2.08. The SMILES string of the molecule is NCc1occc1COc1cccc(Cl)c1Cl. The van der Waals surface area contributed by atoms with Crippen molar-refractivity contribution in [1.82, 2.24) is 0 Å². The molecule has 0 saturated heterocycles. The van der Waals surface area contributed by atoms with E-state index in [2.05, 4.69) is 0 Å². The van der Waals surface area contributed by atoms with Crippen LogP contribution >= 0.6 is 23.2 Å². The molecule has 0 aliphatic heterocycles. The van der Waals surface area contributed by atoms with Gasteiger partial charge in [0.1, 0.15) is 23.1 Å². The summed E-state index contributed by atoms with van der Waals surface area (Å²) in [5.41, 5.74) is 6.43. The van der Waals surface area contributed by atoms with E-state index in [1.165, 1.54) is 0 Å². The highest BCUT2D eigenvalue weighted by atomic mass is 35.5. The fraction of sp³-hybridized carbons (Fsp3) is 0.167. The van der Waals surface area contributed by atoms with E-state index >= 15 is 0 Å². The van der Waals surface area contributed by atoms with E-state index in [0.717, 1.165) is 5.56 Å². The number of nitrogens with two attached hydrogens (primary N) is 1. The third-order valence-corrected chi connectivity index (χ3v) is 3.12. The second-order valence-electron chi connectivity index (χ2n) is 3.41. The maximum atomic E-state index is 6.00. The first-order valence-electron chi connectivity index (χ1n) is 5.04. The number of hydrogen-bond acceptors (Lipinski definition) is 3. The van der Waals surface area contributed by atoms with Crippen LogP contribution in [0.5, 0.6) is 5.75 Å². The summed E-state index contributed by atoms with van der Waals surface area (Å²) in [6.45, 7) is 0.693. The average Bonchev–Trinajstić information content (AvgIpc) is 2.78. The van der Waals surface area contributed by atoms with E-state index in [1.807, 2.05) is 6.07 Å². The second kappa shape index (κ2) is 5.45. The Bertz CT molecular complexity index is 511. The van der Waals surface area contributed by atoms with Crippen molar-refractivity contribution in [3.8, 4) is 5.75 Å². The van der Waals surface area contributed by atoms with E-state index < -0.39 is 0 Å². The molecule has 0 bridgehead atoms. The highest BCUT2D eigenvalue weighted by Crippen LogP contribution is 2.32. The Labute approximate surface area is 109 Å². The van der Waals surface area contributed by atoms with Crippen molar-refractivity contribution in [3.63, 3.8) is 0 Å². The largest absolute Gasteiger partial charge is 0.487 e. The number of furan rings is 1. The molecule has 0 spiro atoms. The van der Waals surface area contributed by atoms with Crippen LogP contribution in [0, 0.1) is 0 Å². The lowest BCUT2D eigenvalue weighted by atomic mass is 10.2. The summed E-state index contributed by atoms with van der Waals surface area (Å²) in [5, 5.41) is 0.877. The predicted molar refractivity (Wildman–Crippen MR) is 67.4 cm³/mol. The number of benzene rings is 1. The van der Waals surface area contributed by atoms with Crippen molar-refractivity contribution in [1.29, 1.82) is 0 Å². The van der Waals surface area contributed by atoms with Gasteiger partial charge in [-0.25, -0.2) is 0 Å². The number of ether oxygens (including phenoxy) is 1. The first-order chi connectivity index (χ1) is 8.22. The summed E-state index contributed by atoms with van der Waals surface area (Å²) in [4.78, 5) is 0. The third-order valence-electron chi connectivity index (χ3n) is 2.32. The van der Waals surface area contributed by atoms with E-state index in [4.69, 9.17) is 38.1 Å². The standard InChI is InChI=1S/C12H11Cl2NO2/c13-9-2-1-3-10(12(9)14)17-7-8-4-5-16-11(8)6-15/h1-5H,6-7,15H2. The first-order valence-corrected chi connectivity index (χ1v) is 5.80. The molecule has 2 N–H and O–H groups in total. The van der Waals surface area contributed by atoms with Gasteiger partial charge in [0.2, 0.25) is 0 Å². The average molecular weight is 272 g/mol. The van der Waals surface area contributed by atoms with Crippen LogP contribution < -0.4 is 10.5 Å². The Hall–Kier alpha value is -1.16. The lowest BCUT2D eigenvalue weighted by molar-refractivity contribution is 0.302. The highest BCUT2D eigenvalue weighted by Gasteiger charge is 2.08. The number of halogens is 2. The zero-order chi connectivity index (χ0) is 12.3. The van der Waals surface area contributed by atoms with E-state index in [0.29, 0.717) is 34.7 Å². The quantitative estimate of drug-likeness (QED) is 0.924. The van der Waals surface area contributed by atoms with Crippen molar-refractivity contribution >= 4 is 23.2 Å². The molecule has 0 saturated carbocycles. The molecule has 0 radical (unpaired) electrons. The zero-order valence-corrected chi connectivity index (χ0v) is 10.5. The molecule has 2 rings (SSSR count). The Morgan fingerprint density at radius 2 is 2.06 bits per heavy atom. The fourth-order valence-electron chi connectivity index (χ4n) is 1.43. The topological polar surface area (TPSA) is 48.4 Å². The molecule has 3 nitrogen and oxygen atoms in total. The molecule has 1 aromatic carbocycles. The number of hydrogen-bond donors (Lipinski definition) is 1. The molecule has 0 fully saturated rings. The summed E-state index contributed by atoms with van der Waals surface area (Å²) in [6, 6.07) is 7.07. The maximum absolute atomic E-state index is 6.00. The van der Waals surface area contributed by atoms with Crippen molar-refractivity contribution in [2.24, 2.45) is 5.73 Å². The minimum absolute atomic E-state index is 0.342. The molecular weight excluding hydrogens is 261 g/mol. The second-order valence-corrected chi connectivity index (χ2v) is 4.20. The van der Waals surface area contributed by atoms with Crippen LogP contribution in [0.15, 0.2) is 34.9 Å². The monoisotopic (exact) mass is 271 g/mol. The van der Waals surface area contributed by atoms with Gasteiger partial charge in [-0.05, 0) is 18.2 Å². The van der Waals surface area contributed by atoms with Crippen molar-refractivity contribution in [2.45, 2.75) is 13.2 Å². The summed E-state index contributed by atoms with van der Waals surface area (Å²) >= 11 is 11.9. The van der Waals surface area contributed by atoms with Crippen LogP contribution in [0.25, 0.3) is 0 Å². The molecule has 0 amide bonds. The van der Waals surface area contributed by atoms with Crippen LogP contribution in [0.1, 0.15) is 11.3 Å². The Morgan fingerprint density at radius 1 is 1.24 bits per heavy atom. The van der Waals surface area contributed by atoms with Crippen molar-refractivity contribution in [3.05, 3.63) is 51.9 Å². The molecule has 17 heavy (non-hydrogen) atoms. The summed E-state index contributed by atoms with van der Waals surface area (Å²) in [5.74, 6) is 1.26. The molecule has 90 valence electrons. The molecule has 0 aliphatic rings. The van der Waals surface area contributed by atoms with Gasteiger partial charge >= 0.3 is 0 Å². The van der Waals surface area contributed by atoms with Gasteiger partial charge in [0.05, 0.1) is 17.8 Å². The van der Waals surface area contributed by atoms with Crippen LogP contribution in [-0.4, -0.2) is 0 Å². The van der Waals surface area contributed by atoms with Gasteiger partial charge in [-0.3, -0.25) is 0 Å². The molecule has 1 heterocycles. The molecule has 5 heteroatoms. The molecule has 1 aromatic heterocycles. The minimum Gasteiger partial charge on any atom is -0.487 e. The van der Waals surface area contributed by atoms with Crippen LogP contribution in [0.4, 0.5) is 0 Å². The van der Waals surface area contributed by atoms with Gasteiger partial charge in [0.15, 0.2) is 0 Å².